The zero-order valence-electron chi connectivity index (χ0n) is 18.5. The standard InChI is InChI=1S/C23H35ClN2O2/c1-16(2)26-12-11-21(25-26)27-15-22(5,6)14-23(7,8)18-9-10-19(24)20(13-18)28-17(3)4/h9-13,16-17H,14-15H2,1-8H3. The molecular weight excluding hydrogens is 372 g/mol. The van der Waals surface area contributed by atoms with Gasteiger partial charge in [-0.05, 0) is 62.6 Å². The molecule has 1 aromatic carbocycles. The molecule has 0 atom stereocenters. The van der Waals surface area contributed by atoms with Gasteiger partial charge in [0.2, 0.25) is 5.88 Å². The van der Waals surface area contributed by atoms with E-state index in [0.29, 0.717) is 23.6 Å². The number of benzene rings is 1. The first-order valence-corrected chi connectivity index (χ1v) is 10.4. The van der Waals surface area contributed by atoms with Crippen molar-refractivity contribution in [2.24, 2.45) is 5.41 Å². The summed E-state index contributed by atoms with van der Waals surface area (Å²) in [6, 6.07) is 8.35. The molecule has 0 radical (unpaired) electrons. The molecule has 0 fully saturated rings. The van der Waals surface area contributed by atoms with E-state index in [2.05, 4.69) is 58.8 Å². The highest BCUT2D eigenvalue weighted by atomic mass is 35.5. The maximum atomic E-state index is 6.31. The highest BCUT2D eigenvalue weighted by molar-refractivity contribution is 6.32. The third-order valence-electron chi connectivity index (χ3n) is 4.72. The fourth-order valence-electron chi connectivity index (χ4n) is 3.57. The normalized spacial score (nSPS) is 12.7. The molecule has 0 unspecified atom stereocenters. The van der Waals surface area contributed by atoms with Crippen LogP contribution in [0.4, 0.5) is 0 Å². The van der Waals surface area contributed by atoms with Crippen LogP contribution >= 0.6 is 11.6 Å². The van der Waals surface area contributed by atoms with Crippen molar-refractivity contribution < 1.29 is 9.47 Å². The molecule has 0 saturated carbocycles. The Morgan fingerprint density at radius 3 is 2.32 bits per heavy atom. The first-order valence-electron chi connectivity index (χ1n) is 10.0. The van der Waals surface area contributed by atoms with Crippen LogP contribution in [0.1, 0.15) is 73.4 Å². The van der Waals surface area contributed by atoms with Crippen LogP contribution in [0, 0.1) is 5.41 Å². The number of nitrogens with zero attached hydrogens (tertiary/aromatic N) is 2. The van der Waals surface area contributed by atoms with Crippen LogP contribution in [-0.2, 0) is 5.41 Å². The molecule has 0 N–H and O–H groups in total. The molecule has 156 valence electrons. The number of hydrogen-bond acceptors (Lipinski definition) is 3. The smallest absolute Gasteiger partial charge is 0.232 e. The number of ether oxygens (including phenoxy) is 2. The second-order valence-electron chi connectivity index (χ2n) is 9.55. The van der Waals surface area contributed by atoms with E-state index in [4.69, 9.17) is 21.1 Å². The predicted octanol–water partition coefficient (Wildman–Crippen LogP) is 6.68. The molecule has 0 aliphatic heterocycles. The second kappa shape index (κ2) is 8.77. The SMILES string of the molecule is CC(C)Oc1cc(C(C)(C)CC(C)(C)COc2ccn(C(C)C)n2)ccc1Cl. The summed E-state index contributed by atoms with van der Waals surface area (Å²) in [5, 5.41) is 5.13. The third-order valence-corrected chi connectivity index (χ3v) is 5.03. The summed E-state index contributed by atoms with van der Waals surface area (Å²) in [7, 11) is 0. The molecule has 0 spiro atoms. The van der Waals surface area contributed by atoms with Crippen LogP contribution in [0.15, 0.2) is 30.5 Å². The van der Waals surface area contributed by atoms with Gasteiger partial charge in [-0.1, -0.05) is 45.4 Å². The van der Waals surface area contributed by atoms with E-state index in [-0.39, 0.29) is 16.9 Å². The Balaban J connectivity index is 2.08. The number of rotatable bonds is 9. The van der Waals surface area contributed by atoms with E-state index in [1.54, 1.807) is 0 Å². The lowest BCUT2D eigenvalue weighted by atomic mass is 9.71. The third kappa shape index (κ3) is 6.16. The van der Waals surface area contributed by atoms with Crippen molar-refractivity contribution in [3.63, 3.8) is 0 Å². The van der Waals surface area contributed by atoms with Gasteiger partial charge in [-0.15, -0.1) is 5.10 Å². The minimum absolute atomic E-state index is 0.0240. The summed E-state index contributed by atoms with van der Waals surface area (Å²) in [4.78, 5) is 0. The fraction of sp³-hybridized carbons (Fsp3) is 0.609. The second-order valence-corrected chi connectivity index (χ2v) is 9.96. The molecule has 0 aliphatic rings. The van der Waals surface area contributed by atoms with E-state index in [1.807, 2.05) is 36.9 Å². The number of aromatic nitrogens is 2. The Labute approximate surface area is 175 Å². The van der Waals surface area contributed by atoms with Gasteiger partial charge < -0.3 is 9.47 Å². The van der Waals surface area contributed by atoms with Gasteiger partial charge >= 0.3 is 0 Å². The highest BCUT2D eigenvalue weighted by Gasteiger charge is 2.31. The average Bonchev–Trinajstić information content (AvgIpc) is 3.03. The minimum Gasteiger partial charge on any atom is -0.489 e. The summed E-state index contributed by atoms with van der Waals surface area (Å²) < 4.78 is 13.8. The maximum Gasteiger partial charge on any atom is 0.232 e. The average molecular weight is 407 g/mol. The van der Waals surface area contributed by atoms with Crippen LogP contribution in [0.5, 0.6) is 11.6 Å². The molecule has 28 heavy (non-hydrogen) atoms. The quantitative estimate of drug-likeness (QED) is 0.466. The molecule has 0 bridgehead atoms. The molecule has 1 heterocycles. The Morgan fingerprint density at radius 2 is 1.75 bits per heavy atom. The van der Waals surface area contributed by atoms with Gasteiger partial charge in [-0.25, -0.2) is 0 Å². The Morgan fingerprint density at radius 1 is 1.07 bits per heavy atom. The molecule has 0 amide bonds. The van der Waals surface area contributed by atoms with Gasteiger partial charge in [0.15, 0.2) is 0 Å². The van der Waals surface area contributed by atoms with Gasteiger partial charge in [-0.2, -0.15) is 0 Å². The summed E-state index contributed by atoms with van der Waals surface area (Å²) in [5.74, 6) is 1.43. The lowest BCUT2D eigenvalue weighted by Gasteiger charge is -2.35. The van der Waals surface area contributed by atoms with Crippen LogP contribution in [0.25, 0.3) is 0 Å². The molecular formula is C23H35ClN2O2. The molecule has 4 nitrogen and oxygen atoms in total. The van der Waals surface area contributed by atoms with Gasteiger partial charge in [0.1, 0.15) is 5.75 Å². The molecule has 0 aliphatic carbocycles. The molecule has 1 aromatic heterocycles. The summed E-state index contributed by atoms with van der Waals surface area (Å²) in [6.07, 6.45) is 3.00. The van der Waals surface area contributed by atoms with Crippen LogP contribution in [0.2, 0.25) is 5.02 Å². The Bertz CT molecular complexity index is 779. The number of hydrogen-bond donors (Lipinski definition) is 0. The largest absolute Gasteiger partial charge is 0.489 e. The van der Waals surface area contributed by atoms with Crippen molar-refractivity contribution in [2.75, 3.05) is 6.61 Å². The first-order chi connectivity index (χ1) is 12.9. The van der Waals surface area contributed by atoms with E-state index in [1.165, 1.54) is 5.56 Å². The van der Waals surface area contributed by atoms with Crippen molar-refractivity contribution in [3.8, 4) is 11.6 Å². The van der Waals surface area contributed by atoms with Crippen LogP contribution < -0.4 is 9.47 Å². The van der Waals surface area contributed by atoms with Crippen LogP contribution in [-0.4, -0.2) is 22.5 Å². The van der Waals surface area contributed by atoms with Crippen molar-refractivity contribution in [1.82, 2.24) is 9.78 Å². The molecule has 5 heteroatoms. The van der Waals surface area contributed by atoms with Gasteiger partial charge in [0.05, 0.1) is 17.7 Å². The lowest BCUT2D eigenvalue weighted by Crippen LogP contribution is -2.31. The summed E-state index contributed by atoms with van der Waals surface area (Å²) >= 11 is 6.31. The Hall–Kier alpha value is -1.68. The molecule has 2 rings (SSSR count). The van der Waals surface area contributed by atoms with E-state index >= 15 is 0 Å². The monoisotopic (exact) mass is 406 g/mol. The van der Waals surface area contributed by atoms with Crippen molar-refractivity contribution in [3.05, 3.63) is 41.0 Å². The maximum absolute atomic E-state index is 6.31. The summed E-state index contributed by atoms with van der Waals surface area (Å²) in [6.45, 7) is 17.8. The van der Waals surface area contributed by atoms with Gasteiger partial charge in [0.25, 0.3) is 0 Å². The van der Waals surface area contributed by atoms with E-state index in [9.17, 15) is 0 Å². The number of halogens is 1. The highest BCUT2D eigenvalue weighted by Crippen LogP contribution is 2.39. The topological polar surface area (TPSA) is 36.3 Å². The van der Waals surface area contributed by atoms with E-state index in [0.717, 1.165) is 12.2 Å². The lowest BCUT2D eigenvalue weighted by molar-refractivity contribution is 0.138. The molecule has 0 saturated heterocycles. The van der Waals surface area contributed by atoms with Gasteiger partial charge in [-0.3, -0.25) is 4.68 Å². The summed E-state index contributed by atoms with van der Waals surface area (Å²) in [5.41, 5.74) is 1.14. The fourth-order valence-corrected chi connectivity index (χ4v) is 3.73. The predicted molar refractivity (Wildman–Crippen MR) is 117 cm³/mol. The zero-order chi connectivity index (χ0) is 21.1. The van der Waals surface area contributed by atoms with E-state index < -0.39 is 0 Å². The molecule has 2 aromatic rings. The van der Waals surface area contributed by atoms with Crippen molar-refractivity contribution in [2.45, 2.75) is 79.4 Å². The first kappa shape index (κ1) is 22.6. The Kier molecular flexibility index (Phi) is 7.08. The minimum atomic E-state index is -0.0518. The van der Waals surface area contributed by atoms with Crippen molar-refractivity contribution in [1.29, 1.82) is 0 Å². The van der Waals surface area contributed by atoms with Gasteiger partial charge in [0, 0.05) is 18.3 Å². The zero-order valence-corrected chi connectivity index (χ0v) is 19.3. The van der Waals surface area contributed by atoms with Crippen molar-refractivity contribution >= 4 is 11.6 Å². The van der Waals surface area contributed by atoms with Crippen LogP contribution in [0.3, 0.4) is 0 Å².